The minimum atomic E-state index is 0.0187. The Bertz CT molecular complexity index is 629. The van der Waals surface area contributed by atoms with Gasteiger partial charge in [0.15, 0.2) is 0 Å². The molecule has 1 heterocycles. The van der Waals surface area contributed by atoms with Gasteiger partial charge < -0.3 is 10.2 Å². The lowest BCUT2D eigenvalue weighted by Crippen LogP contribution is -2.21. The van der Waals surface area contributed by atoms with Gasteiger partial charge in [0.1, 0.15) is 0 Å². The highest BCUT2D eigenvalue weighted by atomic mass is 32.1. The van der Waals surface area contributed by atoms with Crippen molar-refractivity contribution in [1.82, 2.24) is 10.2 Å². The van der Waals surface area contributed by atoms with Crippen LogP contribution in [0.3, 0.4) is 0 Å². The molecule has 2 rings (SSSR count). The third kappa shape index (κ3) is 4.42. The molecular weight excluding hydrogens is 292 g/mol. The van der Waals surface area contributed by atoms with Gasteiger partial charge in [0.2, 0.25) is 0 Å². The summed E-state index contributed by atoms with van der Waals surface area (Å²) >= 11 is 1.57. The Labute approximate surface area is 137 Å². The molecule has 0 atom stereocenters. The minimum absolute atomic E-state index is 0.0187. The molecule has 2 aromatic rings. The van der Waals surface area contributed by atoms with Crippen molar-refractivity contribution in [2.75, 3.05) is 14.1 Å². The smallest absolute Gasteiger partial charge is 0.261 e. The zero-order valence-corrected chi connectivity index (χ0v) is 14.6. The van der Waals surface area contributed by atoms with Gasteiger partial charge in [0.25, 0.3) is 5.91 Å². The molecule has 118 valence electrons. The van der Waals surface area contributed by atoms with Gasteiger partial charge in [-0.3, -0.25) is 4.79 Å². The van der Waals surface area contributed by atoms with Crippen LogP contribution in [-0.2, 0) is 19.5 Å². The molecule has 1 aromatic heterocycles. The molecule has 0 aliphatic carbocycles. The van der Waals surface area contributed by atoms with Crippen LogP contribution in [-0.4, -0.2) is 24.9 Å². The van der Waals surface area contributed by atoms with Crippen molar-refractivity contribution in [3.8, 4) is 0 Å². The van der Waals surface area contributed by atoms with E-state index >= 15 is 0 Å². The molecule has 0 fully saturated rings. The number of hydrogen-bond donors (Lipinski definition) is 1. The number of benzene rings is 1. The first-order valence-electron chi connectivity index (χ1n) is 7.59. The van der Waals surface area contributed by atoms with Crippen LogP contribution in [0.25, 0.3) is 0 Å². The maximum atomic E-state index is 12.2. The lowest BCUT2D eigenvalue weighted by atomic mass is 10.1. The molecule has 3 nitrogen and oxygen atoms in total. The van der Waals surface area contributed by atoms with E-state index in [1.807, 2.05) is 6.07 Å². The molecular formula is C18H24N2OS. The number of nitrogens with zero attached hydrogens (tertiary/aromatic N) is 1. The molecule has 0 aliphatic heterocycles. The first kappa shape index (κ1) is 16.7. The van der Waals surface area contributed by atoms with Gasteiger partial charge in [-0.05, 0) is 50.2 Å². The normalized spacial score (nSPS) is 11.0. The van der Waals surface area contributed by atoms with E-state index in [-0.39, 0.29) is 5.91 Å². The number of carbonyl (C=O) groups is 1. The molecule has 4 heteroatoms. The molecule has 1 amide bonds. The first-order chi connectivity index (χ1) is 10.5. The van der Waals surface area contributed by atoms with Crippen LogP contribution < -0.4 is 5.32 Å². The van der Waals surface area contributed by atoms with Crippen LogP contribution in [0, 0.1) is 6.92 Å². The number of amides is 1. The summed E-state index contributed by atoms with van der Waals surface area (Å²) in [6.45, 7) is 5.69. The van der Waals surface area contributed by atoms with Crippen molar-refractivity contribution in [3.63, 3.8) is 0 Å². The molecule has 0 spiro atoms. The SMILES string of the molecule is CCc1cc(C(=O)NCc2ccc(CN(C)C)cc2)sc1C. The predicted octanol–water partition coefficient (Wildman–Crippen LogP) is 3.61. The standard InChI is InChI=1S/C18H24N2OS/c1-5-16-10-17(22-13(16)2)18(21)19-11-14-6-8-15(9-7-14)12-20(3)4/h6-10H,5,11-12H2,1-4H3,(H,19,21). The summed E-state index contributed by atoms with van der Waals surface area (Å²) in [4.78, 5) is 16.4. The molecule has 0 bridgehead atoms. The highest BCUT2D eigenvalue weighted by Crippen LogP contribution is 2.22. The number of thiophene rings is 1. The summed E-state index contributed by atoms with van der Waals surface area (Å²) in [5.41, 5.74) is 3.67. The Kier molecular flexibility index (Phi) is 5.75. The Morgan fingerprint density at radius 2 is 1.82 bits per heavy atom. The van der Waals surface area contributed by atoms with E-state index in [1.165, 1.54) is 16.0 Å². The highest BCUT2D eigenvalue weighted by Gasteiger charge is 2.11. The number of hydrogen-bond acceptors (Lipinski definition) is 3. The van der Waals surface area contributed by atoms with Crippen molar-refractivity contribution in [1.29, 1.82) is 0 Å². The number of nitrogens with one attached hydrogen (secondary N) is 1. The Morgan fingerprint density at radius 1 is 1.18 bits per heavy atom. The van der Waals surface area contributed by atoms with Gasteiger partial charge in [-0.2, -0.15) is 0 Å². The molecule has 0 aliphatic rings. The molecule has 0 saturated heterocycles. The lowest BCUT2D eigenvalue weighted by Gasteiger charge is -2.10. The second-order valence-electron chi connectivity index (χ2n) is 5.78. The fourth-order valence-electron chi connectivity index (χ4n) is 2.38. The van der Waals surface area contributed by atoms with Crippen molar-refractivity contribution >= 4 is 17.2 Å². The average molecular weight is 316 g/mol. The van der Waals surface area contributed by atoms with E-state index < -0.39 is 0 Å². The zero-order valence-electron chi connectivity index (χ0n) is 13.8. The Hall–Kier alpha value is -1.65. The summed E-state index contributed by atoms with van der Waals surface area (Å²) in [5, 5.41) is 3.00. The molecule has 1 aromatic carbocycles. The molecule has 0 saturated carbocycles. The van der Waals surface area contributed by atoms with Crippen LogP contribution in [0.5, 0.6) is 0 Å². The fourth-order valence-corrected chi connectivity index (χ4v) is 3.41. The van der Waals surface area contributed by atoms with Crippen molar-refractivity contribution in [2.45, 2.75) is 33.4 Å². The number of rotatable bonds is 6. The predicted molar refractivity (Wildman–Crippen MR) is 93.4 cm³/mol. The largest absolute Gasteiger partial charge is 0.347 e. The molecule has 1 N–H and O–H groups in total. The second-order valence-corrected chi connectivity index (χ2v) is 7.04. The van der Waals surface area contributed by atoms with Gasteiger partial charge in [-0.25, -0.2) is 0 Å². The van der Waals surface area contributed by atoms with E-state index in [1.54, 1.807) is 11.3 Å². The van der Waals surface area contributed by atoms with Crippen molar-refractivity contribution in [2.24, 2.45) is 0 Å². The van der Waals surface area contributed by atoms with Crippen molar-refractivity contribution in [3.05, 3.63) is 56.8 Å². The molecule has 22 heavy (non-hydrogen) atoms. The molecule has 0 unspecified atom stereocenters. The summed E-state index contributed by atoms with van der Waals surface area (Å²) in [6, 6.07) is 10.4. The lowest BCUT2D eigenvalue weighted by molar-refractivity contribution is 0.0955. The van der Waals surface area contributed by atoms with Crippen molar-refractivity contribution < 1.29 is 4.79 Å². The fraction of sp³-hybridized carbons (Fsp3) is 0.389. The van der Waals surface area contributed by atoms with E-state index in [4.69, 9.17) is 0 Å². The maximum absolute atomic E-state index is 12.2. The average Bonchev–Trinajstić information content (AvgIpc) is 2.87. The summed E-state index contributed by atoms with van der Waals surface area (Å²) in [7, 11) is 4.11. The van der Waals surface area contributed by atoms with E-state index in [0.717, 1.165) is 23.4 Å². The van der Waals surface area contributed by atoms with Crippen LogP contribution in [0.2, 0.25) is 0 Å². The van der Waals surface area contributed by atoms with E-state index in [9.17, 15) is 4.79 Å². The third-order valence-corrected chi connectivity index (χ3v) is 4.69. The topological polar surface area (TPSA) is 32.3 Å². The number of aryl methyl sites for hydroxylation is 2. The Morgan fingerprint density at radius 3 is 2.36 bits per heavy atom. The first-order valence-corrected chi connectivity index (χ1v) is 8.41. The second kappa shape index (κ2) is 7.56. The van der Waals surface area contributed by atoms with Crippen LogP contribution in [0.1, 0.15) is 38.2 Å². The summed E-state index contributed by atoms with van der Waals surface area (Å²) < 4.78 is 0. The van der Waals surface area contributed by atoms with Gasteiger partial charge >= 0.3 is 0 Å². The summed E-state index contributed by atoms with van der Waals surface area (Å²) in [6.07, 6.45) is 0.975. The van der Waals surface area contributed by atoms with Crippen LogP contribution in [0.15, 0.2) is 30.3 Å². The monoisotopic (exact) mass is 316 g/mol. The zero-order chi connectivity index (χ0) is 16.1. The van der Waals surface area contributed by atoms with Crippen LogP contribution >= 0.6 is 11.3 Å². The number of carbonyl (C=O) groups excluding carboxylic acids is 1. The van der Waals surface area contributed by atoms with Crippen LogP contribution in [0.4, 0.5) is 0 Å². The maximum Gasteiger partial charge on any atom is 0.261 e. The quantitative estimate of drug-likeness (QED) is 0.883. The van der Waals surface area contributed by atoms with Gasteiger partial charge in [-0.1, -0.05) is 31.2 Å². The van der Waals surface area contributed by atoms with E-state index in [0.29, 0.717) is 6.54 Å². The highest BCUT2D eigenvalue weighted by molar-refractivity contribution is 7.14. The third-order valence-electron chi connectivity index (χ3n) is 3.60. The Balaban J connectivity index is 1.93. The van der Waals surface area contributed by atoms with Gasteiger partial charge in [0.05, 0.1) is 4.88 Å². The van der Waals surface area contributed by atoms with Gasteiger partial charge in [0, 0.05) is 18.0 Å². The van der Waals surface area contributed by atoms with Gasteiger partial charge in [-0.15, -0.1) is 11.3 Å². The summed E-state index contributed by atoms with van der Waals surface area (Å²) in [5.74, 6) is 0.0187. The minimum Gasteiger partial charge on any atom is -0.347 e. The van der Waals surface area contributed by atoms with E-state index in [2.05, 4.69) is 62.4 Å². The molecule has 0 radical (unpaired) electrons.